The third-order valence-electron chi connectivity index (χ3n) is 2.11. The van der Waals surface area contributed by atoms with Crippen LogP contribution in [-0.2, 0) is 0 Å². The standard InChI is InChI=1S/C11H10N2O3S/c1-6-9(10(15)16)17-11(12-6)13-7-2-4-8(14)5-3-7/h2-5,14H,1H3,(H,12,13)(H,15,16). The molecule has 0 aliphatic heterocycles. The molecule has 0 atom stereocenters. The highest BCUT2D eigenvalue weighted by atomic mass is 32.1. The Kier molecular flexibility index (Phi) is 2.97. The minimum atomic E-state index is -0.973. The second-order valence-corrected chi connectivity index (χ2v) is 4.41. The van der Waals surface area contributed by atoms with E-state index in [0.717, 1.165) is 17.0 Å². The van der Waals surface area contributed by atoms with Gasteiger partial charge >= 0.3 is 5.97 Å². The molecular formula is C11H10N2O3S. The smallest absolute Gasteiger partial charge is 0.347 e. The SMILES string of the molecule is Cc1nc(Nc2ccc(O)cc2)sc1C(=O)O. The first kappa shape index (κ1) is 11.4. The monoisotopic (exact) mass is 250 g/mol. The third kappa shape index (κ3) is 2.54. The largest absolute Gasteiger partial charge is 0.508 e. The molecule has 0 saturated heterocycles. The number of anilines is 2. The van der Waals surface area contributed by atoms with E-state index in [4.69, 9.17) is 10.2 Å². The van der Waals surface area contributed by atoms with Crippen molar-refractivity contribution in [2.24, 2.45) is 0 Å². The maximum Gasteiger partial charge on any atom is 0.347 e. The van der Waals surface area contributed by atoms with Gasteiger partial charge in [0, 0.05) is 5.69 Å². The summed E-state index contributed by atoms with van der Waals surface area (Å²) in [5, 5.41) is 21.5. The number of benzene rings is 1. The molecule has 2 rings (SSSR count). The fraction of sp³-hybridized carbons (Fsp3) is 0.0909. The van der Waals surface area contributed by atoms with Crippen molar-refractivity contribution >= 4 is 28.1 Å². The highest BCUT2D eigenvalue weighted by Gasteiger charge is 2.13. The Labute approximate surface area is 101 Å². The van der Waals surface area contributed by atoms with E-state index in [9.17, 15) is 4.79 Å². The Morgan fingerprint density at radius 3 is 2.53 bits per heavy atom. The summed E-state index contributed by atoms with van der Waals surface area (Å²) in [5.41, 5.74) is 1.23. The van der Waals surface area contributed by atoms with Crippen molar-refractivity contribution in [2.75, 3.05) is 5.32 Å². The van der Waals surface area contributed by atoms with Crippen LogP contribution in [0.4, 0.5) is 10.8 Å². The number of nitrogens with zero attached hydrogens (tertiary/aromatic N) is 1. The number of aromatic nitrogens is 1. The molecule has 0 saturated carbocycles. The highest BCUT2D eigenvalue weighted by molar-refractivity contribution is 7.17. The van der Waals surface area contributed by atoms with Crippen LogP contribution in [-0.4, -0.2) is 21.2 Å². The third-order valence-corrected chi connectivity index (χ3v) is 3.17. The lowest BCUT2D eigenvalue weighted by Crippen LogP contribution is -1.94. The number of thiazole rings is 1. The molecule has 2 aromatic rings. The number of carboxylic acid groups (broad SMARTS) is 1. The van der Waals surface area contributed by atoms with E-state index in [-0.39, 0.29) is 10.6 Å². The van der Waals surface area contributed by atoms with Crippen LogP contribution in [0, 0.1) is 6.92 Å². The predicted molar refractivity (Wildman–Crippen MR) is 65.2 cm³/mol. The number of hydrogen-bond donors (Lipinski definition) is 3. The van der Waals surface area contributed by atoms with Crippen molar-refractivity contribution in [1.29, 1.82) is 0 Å². The van der Waals surface area contributed by atoms with Crippen LogP contribution < -0.4 is 5.32 Å². The van der Waals surface area contributed by atoms with Gasteiger partial charge < -0.3 is 15.5 Å². The zero-order chi connectivity index (χ0) is 12.4. The van der Waals surface area contributed by atoms with E-state index in [2.05, 4.69) is 10.3 Å². The van der Waals surface area contributed by atoms with Gasteiger partial charge in [-0.2, -0.15) is 0 Å². The number of aromatic carboxylic acids is 1. The molecule has 0 spiro atoms. The number of rotatable bonds is 3. The first-order valence-electron chi connectivity index (χ1n) is 4.83. The molecule has 88 valence electrons. The molecule has 0 aliphatic rings. The topological polar surface area (TPSA) is 82.5 Å². The molecule has 0 unspecified atom stereocenters. The zero-order valence-electron chi connectivity index (χ0n) is 8.97. The number of phenols is 1. The Morgan fingerprint density at radius 2 is 2.00 bits per heavy atom. The van der Waals surface area contributed by atoms with Gasteiger partial charge in [0.1, 0.15) is 10.6 Å². The first-order chi connectivity index (χ1) is 8.06. The van der Waals surface area contributed by atoms with Crippen molar-refractivity contribution in [3.8, 4) is 5.75 Å². The summed E-state index contributed by atoms with van der Waals surface area (Å²) in [4.78, 5) is 15.2. The van der Waals surface area contributed by atoms with E-state index in [1.54, 1.807) is 31.2 Å². The van der Waals surface area contributed by atoms with E-state index in [0.29, 0.717) is 10.8 Å². The maximum absolute atomic E-state index is 10.8. The Balaban J connectivity index is 2.22. The summed E-state index contributed by atoms with van der Waals surface area (Å²) < 4.78 is 0. The molecule has 1 aromatic carbocycles. The lowest BCUT2D eigenvalue weighted by Gasteiger charge is -2.01. The summed E-state index contributed by atoms with van der Waals surface area (Å²) in [6, 6.07) is 6.46. The average Bonchev–Trinajstić information content (AvgIpc) is 2.63. The molecule has 3 N–H and O–H groups in total. The van der Waals surface area contributed by atoms with Gasteiger partial charge in [0.15, 0.2) is 5.13 Å². The number of aryl methyl sites for hydroxylation is 1. The molecule has 0 amide bonds. The number of aromatic hydroxyl groups is 1. The summed E-state index contributed by atoms with van der Waals surface area (Å²) in [6.45, 7) is 1.65. The second kappa shape index (κ2) is 4.42. The number of nitrogens with one attached hydrogen (secondary N) is 1. The molecule has 1 heterocycles. The van der Waals surface area contributed by atoms with Gasteiger partial charge in [-0.25, -0.2) is 9.78 Å². The van der Waals surface area contributed by atoms with Gasteiger partial charge in [0.25, 0.3) is 0 Å². The Bertz CT molecular complexity index is 548. The van der Waals surface area contributed by atoms with Crippen LogP contribution in [0.1, 0.15) is 15.4 Å². The van der Waals surface area contributed by atoms with Gasteiger partial charge in [0.2, 0.25) is 0 Å². The number of carbonyl (C=O) groups is 1. The maximum atomic E-state index is 10.8. The Hall–Kier alpha value is -2.08. The van der Waals surface area contributed by atoms with E-state index >= 15 is 0 Å². The zero-order valence-corrected chi connectivity index (χ0v) is 9.78. The molecule has 5 nitrogen and oxygen atoms in total. The van der Waals surface area contributed by atoms with Crippen LogP contribution in [0.3, 0.4) is 0 Å². The van der Waals surface area contributed by atoms with E-state index in [1.165, 1.54) is 0 Å². The number of carboxylic acids is 1. The Morgan fingerprint density at radius 1 is 1.35 bits per heavy atom. The van der Waals surface area contributed by atoms with Crippen molar-refractivity contribution < 1.29 is 15.0 Å². The summed E-state index contributed by atoms with van der Waals surface area (Å²) in [7, 11) is 0. The fourth-order valence-corrected chi connectivity index (χ4v) is 2.14. The summed E-state index contributed by atoms with van der Waals surface area (Å²) in [5.74, 6) is -0.796. The molecule has 0 bridgehead atoms. The van der Waals surface area contributed by atoms with Crippen LogP contribution in [0.15, 0.2) is 24.3 Å². The molecule has 0 aliphatic carbocycles. The van der Waals surface area contributed by atoms with Crippen molar-refractivity contribution in [3.63, 3.8) is 0 Å². The predicted octanol–water partition coefficient (Wildman–Crippen LogP) is 2.60. The minimum absolute atomic E-state index is 0.178. The van der Waals surface area contributed by atoms with Gasteiger partial charge in [-0.3, -0.25) is 0 Å². The van der Waals surface area contributed by atoms with Gasteiger partial charge in [0.05, 0.1) is 5.69 Å². The molecule has 0 radical (unpaired) electrons. The molecule has 0 fully saturated rings. The number of hydrogen-bond acceptors (Lipinski definition) is 5. The summed E-state index contributed by atoms with van der Waals surface area (Å²) >= 11 is 1.08. The van der Waals surface area contributed by atoms with E-state index < -0.39 is 5.97 Å². The van der Waals surface area contributed by atoms with Crippen LogP contribution in [0.2, 0.25) is 0 Å². The quantitative estimate of drug-likeness (QED) is 0.729. The fourth-order valence-electron chi connectivity index (χ4n) is 1.32. The molecule has 6 heteroatoms. The van der Waals surface area contributed by atoms with Crippen LogP contribution in [0.5, 0.6) is 5.75 Å². The number of phenolic OH excluding ortho intramolecular Hbond substituents is 1. The van der Waals surface area contributed by atoms with Crippen molar-refractivity contribution in [1.82, 2.24) is 4.98 Å². The van der Waals surface area contributed by atoms with Gasteiger partial charge in [-0.15, -0.1) is 0 Å². The summed E-state index contributed by atoms with van der Waals surface area (Å²) in [6.07, 6.45) is 0. The second-order valence-electron chi connectivity index (χ2n) is 3.41. The molecular weight excluding hydrogens is 240 g/mol. The molecule has 17 heavy (non-hydrogen) atoms. The molecule has 1 aromatic heterocycles. The lowest BCUT2D eigenvalue weighted by molar-refractivity contribution is 0.0701. The van der Waals surface area contributed by atoms with Crippen molar-refractivity contribution in [2.45, 2.75) is 6.92 Å². The first-order valence-corrected chi connectivity index (χ1v) is 5.64. The minimum Gasteiger partial charge on any atom is -0.508 e. The van der Waals surface area contributed by atoms with Gasteiger partial charge in [-0.05, 0) is 31.2 Å². The van der Waals surface area contributed by atoms with Crippen molar-refractivity contribution in [3.05, 3.63) is 34.8 Å². The van der Waals surface area contributed by atoms with Crippen LogP contribution >= 0.6 is 11.3 Å². The van der Waals surface area contributed by atoms with Crippen LogP contribution in [0.25, 0.3) is 0 Å². The highest BCUT2D eigenvalue weighted by Crippen LogP contribution is 2.26. The normalized spacial score (nSPS) is 10.2. The lowest BCUT2D eigenvalue weighted by atomic mass is 10.3. The van der Waals surface area contributed by atoms with Gasteiger partial charge in [-0.1, -0.05) is 11.3 Å². The van der Waals surface area contributed by atoms with E-state index in [1.807, 2.05) is 0 Å². The average molecular weight is 250 g/mol.